The van der Waals surface area contributed by atoms with Gasteiger partial charge in [0.05, 0.1) is 23.6 Å². The first kappa shape index (κ1) is 15.5. The Kier molecular flexibility index (Phi) is 4.21. The van der Waals surface area contributed by atoms with Crippen molar-refractivity contribution in [2.75, 3.05) is 18.5 Å². The minimum atomic E-state index is -0.207. The number of benzene rings is 1. The quantitative estimate of drug-likeness (QED) is 0.772. The Hall–Kier alpha value is -3.07. The predicted molar refractivity (Wildman–Crippen MR) is 88.4 cm³/mol. The lowest BCUT2D eigenvalue weighted by molar-refractivity contribution is 0.0662. The second kappa shape index (κ2) is 6.81. The van der Waals surface area contributed by atoms with Gasteiger partial charge in [0.1, 0.15) is 6.33 Å². The molecule has 4 rings (SSSR count). The van der Waals surface area contributed by atoms with E-state index in [0.29, 0.717) is 17.3 Å². The van der Waals surface area contributed by atoms with Gasteiger partial charge in [0.15, 0.2) is 0 Å². The van der Waals surface area contributed by atoms with E-state index in [0.717, 1.165) is 31.7 Å². The van der Waals surface area contributed by atoms with Crippen LogP contribution >= 0.6 is 0 Å². The Bertz CT molecular complexity index is 853. The Labute approximate surface area is 143 Å². The lowest BCUT2D eigenvalue weighted by Gasteiger charge is -2.22. The monoisotopic (exact) mass is 339 g/mol. The third-order valence-electron chi connectivity index (χ3n) is 4.15. The molecule has 0 unspecified atom stereocenters. The van der Waals surface area contributed by atoms with Gasteiger partial charge in [-0.3, -0.25) is 9.48 Å². The summed E-state index contributed by atoms with van der Waals surface area (Å²) in [5.74, 6) is -0.207. The molecule has 9 heteroatoms. The lowest BCUT2D eigenvalue weighted by atomic mass is 10.1. The number of rotatable bonds is 4. The average molecular weight is 339 g/mol. The van der Waals surface area contributed by atoms with Crippen molar-refractivity contribution >= 4 is 11.6 Å². The van der Waals surface area contributed by atoms with Crippen molar-refractivity contribution in [2.24, 2.45) is 0 Å². The van der Waals surface area contributed by atoms with Crippen LogP contribution in [0.15, 0.2) is 43.0 Å². The molecule has 1 saturated heterocycles. The van der Waals surface area contributed by atoms with Crippen LogP contribution in [0.1, 0.15) is 29.2 Å². The van der Waals surface area contributed by atoms with Crippen molar-refractivity contribution in [1.82, 2.24) is 30.0 Å². The number of nitrogens with zero attached hydrogens (tertiary/aromatic N) is 6. The van der Waals surface area contributed by atoms with Crippen molar-refractivity contribution in [1.29, 1.82) is 0 Å². The largest absolute Gasteiger partial charge is 0.381 e. The van der Waals surface area contributed by atoms with Gasteiger partial charge in [-0.05, 0) is 41.5 Å². The van der Waals surface area contributed by atoms with Crippen LogP contribution in [0.3, 0.4) is 0 Å². The van der Waals surface area contributed by atoms with Gasteiger partial charge >= 0.3 is 0 Å². The number of carbonyl (C=O) groups excluding carboxylic acids is 1. The third kappa shape index (κ3) is 3.41. The topological polar surface area (TPSA) is 99.8 Å². The summed E-state index contributed by atoms with van der Waals surface area (Å²) < 4.78 is 8.76. The van der Waals surface area contributed by atoms with E-state index in [2.05, 4.69) is 25.9 Å². The van der Waals surface area contributed by atoms with Crippen LogP contribution in [0.4, 0.5) is 5.69 Å². The summed E-state index contributed by atoms with van der Waals surface area (Å²) in [6, 6.07) is 7.41. The molecule has 3 aromatic rings. The van der Waals surface area contributed by atoms with Crippen molar-refractivity contribution in [3.8, 4) is 5.69 Å². The van der Waals surface area contributed by atoms with Crippen LogP contribution in [0, 0.1) is 0 Å². The van der Waals surface area contributed by atoms with Gasteiger partial charge in [-0.25, -0.2) is 4.68 Å². The Balaban J connectivity index is 1.47. The summed E-state index contributed by atoms with van der Waals surface area (Å²) in [7, 11) is 0. The van der Waals surface area contributed by atoms with E-state index in [4.69, 9.17) is 4.74 Å². The van der Waals surface area contributed by atoms with Crippen LogP contribution < -0.4 is 5.32 Å². The van der Waals surface area contributed by atoms with E-state index >= 15 is 0 Å². The van der Waals surface area contributed by atoms with Crippen LogP contribution in [-0.4, -0.2) is 49.1 Å². The molecule has 0 saturated carbocycles. The molecular formula is C16H17N7O2. The number of nitrogens with one attached hydrogen (secondary N) is 1. The summed E-state index contributed by atoms with van der Waals surface area (Å²) in [6.45, 7) is 1.49. The van der Waals surface area contributed by atoms with E-state index in [1.807, 2.05) is 16.9 Å². The van der Waals surface area contributed by atoms with Crippen molar-refractivity contribution in [2.45, 2.75) is 18.9 Å². The highest BCUT2D eigenvalue weighted by atomic mass is 16.5. The average Bonchev–Trinajstić information content (AvgIpc) is 3.35. The molecule has 3 heterocycles. The molecule has 0 spiro atoms. The summed E-state index contributed by atoms with van der Waals surface area (Å²) in [5, 5.41) is 18.3. The zero-order valence-corrected chi connectivity index (χ0v) is 13.4. The molecule has 0 radical (unpaired) electrons. The number of ether oxygens (including phenoxy) is 1. The molecule has 25 heavy (non-hydrogen) atoms. The molecule has 0 aliphatic carbocycles. The standard InChI is InChI=1S/C16H17N7O2/c24-16(12-2-1-3-15(8-12)23-11-17-20-21-23)19-13-9-18-22(10-13)14-4-6-25-7-5-14/h1-3,8-11,14H,4-7H2,(H,19,24). The SMILES string of the molecule is O=C(Nc1cnn(C2CCOCC2)c1)c1cccc(-n2cnnn2)c1. The maximum absolute atomic E-state index is 12.5. The number of hydrogen-bond acceptors (Lipinski definition) is 6. The molecular weight excluding hydrogens is 322 g/mol. The third-order valence-corrected chi connectivity index (χ3v) is 4.15. The maximum Gasteiger partial charge on any atom is 0.255 e. The number of aromatic nitrogens is 6. The van der Waals surface area contributed by atoms with Crippen LogP contribution in [0.5, 0.6) is 0 Å². The second-order valence-corrected chi connectivity index (χ2v) is 5.81. The highest BCUT2D eigenvalue weighted by Gasteiger charge is 2.17. The van der Waals surface area contributed by atoms with E-state index in [1.54, 1.807) is 24.4 Å². The normalized spacial score (nSPS) is 15.2. The maximum atomic E-state index is 12.5. The summed E-state index contributed by atoms with van der Waals surface area (Å²) >= 11 is 0. The predicted octanol–water partition coefficient (Wildman–Crippen LogP) is 1.46. The molecule has 2 aromatic heterocycles. The molecule has 1 N–H and O–H groups in total. The van der Waals surface area contributed by atoms with Gasteiger partial charge in [0.2, 0.25) is 0 Å². The lowest BCUT2D eigenvalue weighted by Crippen LogP contribution is -2.19. The van der Waals surface area contributed by atoms with Crippen LogP contribution in [-0.2, 0) is 4.74 Å². The number of tetrazole rings is 1. The first-order chi connectivity index (χ1) is 12.3. The first-order valence-corrected chi connectivity index (χ1v) is 8.06. The van der Waals surface area contributed by atoms with Crippen LogP contribution in [0.2, 0.25) is 0 Å². The minimum absolute atomic E-state index is 0.207. The van der Waals surface area contributed by atoms with Gasteiger partial charge in [-0.15, -0.1) is 5.10 Å². The summed E-state index contributed by atoms with van der Waals surface area (Å²) in [6.07, 6.45) is 6.87. The number of hydrogen-bond donors (Lipinski definition) is 1. The zero-order chi connectivity index (χ0) is 17.1. The fraction of sp³-hybridized carbons (Fsp3) is 0.312. The van der Waals surface area contributed by atoms with Gasteiger partial charge in [0, 0.05) is 25.0 Å². The van der Waals surface area contributed by atoms with Gasteiger partial charge in [-0.2, -0.15) is 5.10 Å². The highest BCUT2D eigenvalue weighted by Crippen LogP contribution is 2.21. The van der Waals surface area contributed by atoms with Gasteiger partial charge in [-0.1, -0.05) is 6.07 Å². The molecule has 0 atom stereocenters. The fourth-order valence-corrected chi connectivity index (χ4v) is 2.82. The van der Waals surface area contributed by atoms with E-state index < -0.39 is 0 Å². The number of anilines is 1. The zero-order valence-electron chi connectivity index (χ0n) is 13.4. The van der Waals surface area contributed by atoms with E-state index in [1.165, 1.54) is 11.0 Å². The van der Waals surface area contributed by atoms with E-state index in [-0.39, 0.29) is 5.91 Å². The molecule has 128 valence electrons. The molecule has 9 nitrogen and oxygen atoms in total. The molecule has 1 amide bonds. The summed E-state index contributed by atoms with van der Waals surface area (Å²) in [4.78, 5) is 12.5. The summed E-state index contributed by atoms with van der Waals surface area (Å²) in [5.41, 5.74) is 1.91. The first-order valence-electron chi connectivity index (χ1n) is 8.06. The minimum Gasteiger partial charge on any atom is -0.381 e. The second-order valence-electron chi connectivity index (χ2n) is 5.81. The van der Waals surface area contributed by atoms with Crippen molar-refractivity contribution in [3.63, 3.8) is 0 Å². The Morgan fingerprint density at radius 1 is 1.28 bits per heavy atom. The Morgan fingerprint density at radius 2 is 2.16 bits per heavy atom. The number of amides is 1. The molecule has 1 aromatic carbocycles. The molecule has 1 aliphatic rings. The Morgan fingerprint density at radius 3 is 2.96 bits per heavy atom. The number of carbonyl (C=O) groups is 1. The van der Waals surface area contributed by atoms with Gasteiger partial charge in [0.25, 0.3) is 5.91 Å². The van der Waals surface area contributed by atoms with Crippen molar-refractivity contribution < 1.29 is 9.53 Å². The molecule has 1 aliphatic heterocycles. The van der Waals surface area contributed by atoms with Gasteiger partial charge < -0.3 is 10.1 Å². The molecule has 0 bridgehead atoms. The van der Waals surface area contributed by atoms with E-state index in [9.17, 15) is 4.79 Å². The highest BCUT2D eigenvalue weighted by molar-refractivity contribution is 6.04. The van der Waals surface area contributed by atoms with Crippen molar-refractivity contribution in [3.05, 3.63) is 48.5 Å². The molecule has 1 fully saturated rings. The fourth-order valence-electron chi connectivity index (χ4n) is 2.82. The van der Waals surface area contributed by atoms with Crippen LogP contribution in [0.25, 0.3) is 5.69 Å². The smallest absolute Gasteiger partial charge is 0.255 e.